The van der Waals surface area contributed by atoms with E-state index in [9.17, 15) is 9.90 Å². The van der Waals surface area contributed by atoms with Gasteiger partial charge in [0.1, 0.15) is 5.75 Å². The molecular weight excluding hydrogens is 182 g/mol. The van der Waals surface area contributed by atoms with E-state index in [1.165, 1.54) is 4.90 Å². The van der Waals surface area contributed by atoms with E-state index in [4.69, 9.17) is 5.11 Å². The van der Waals surface area contributed by atoms with Crippen LogP contribution in [0.2, 0.25) is 0 Å². The molecule has 0 spiro atoms. The lowest BCUT2D eigenvalue weighted by molar-refractivity contribution is 0.140. The number of fused-ring (bicyclic) bond motifs is 1. The highest BCUT2D eigenvalue weighted by Gasteiger charge is 2.19. The number of carboxylic acid groups (broad SMARTS) is 1. The zero-order valence-electron chi connectivity index (χ0n) is 7.60. The molecule has 0 radical (unpaired) electrons. The fraction of sp³-hybridized carbons (Fsp3) is 0.300. The zero-order chi connectivity index (χ0) is 10.1. The highest BCUT2D eigenvalue weighted by molar-refractivity contribution is 5.65. The molecule has 1 amide bonds. The highest BCUT2D eigenvalue weighted by atomic mass is 16.4. The minimum Gasteiger partial charge on any atom is -0.508 e. The van der Waals surface area contributed by atoms with Crippen molar-refractivity contribution in [3.05, 3.63) is 29.3 Å². The molecule has 1 aliphatic rings. The van der Waals surface area contributed by atoms with Crippen LogP contribution in [0.5, 0.6) is 5.75 Å². The number of carbonyl (C=O) groups is 1. The first-order valence-electron chi connectivity index (χ1n) is 4.45. The van der Waals surface area contributed by atoms with Gasteiger partial charge < -0.3 is 15.1 Å². The Morgan fingerprint density at radius 2 is 2.14 bits per heavy atom. The lowest BCUT2D eigenvalue weighted by Crippen LogP contribution is -2.34. The van der Waals surface area contributed by atoms with Gasteiger partial charge in [0.2, 0.25) is 0 Å². The molecule has 0 saturated carbocycles. The van der Waals surface area contributed by atoms with Crippen LogP contribution in [0.1, 0.15) is 11.1 Å². The second-order valence-electron chi connectivity index (χ2n) is 3.41. The molecule has 4 nitrogen and oxygen atoms in total. The lowest BCUT2D eigenvalue weighted by Gasteiger charge is -2.26. The molecule has 1 aromatic rings. The van der Waals surface area contributed by atoms with Gasteiger partial charge in [0.05, 0.1) is 0 Å². The minimum atomic E-state index is -0.885. The molecule has 14 heavy (non-hydrogen) atoms. The second-order valence-corrected chi connectivity index (χ2v) is 3.41. The smallest absolute Gasteiger partial charge is 0.407 e. The molecule has 0 aliphatic carbocycles. The molecule has 4 heteroatoms. The van der Waals surface area contributed by atoms with Crippen LogP contribution in [0.3, 0.4) is 0 Å². The molecule has 1 aliphatic heterocycles. The van der Waals surface area contributed by atoms with Crippen molar-refractivity contribution in [3.8, 4) is 5.75 Å². The van der Waals surface area contributed by atoms with E-state index < -0.39 is 6.09 Å². The van der Waals surface area contributed by atoms with E-state index in [0.717, 1.165) is 11.1 Å². The summed E-state index contributed by atoms with van der Waals surface area (Å²) in [6.07, 6.45) is -0.209. The second kappa shape index (κ2) is 3.21. The van der Waals surface area contributed by atoms with E-state index in [-0.39, 0.29) is 5.75 Å². The molecule has 2 N–H and O–H groups in total. The highest BCUT2D eigenvalue weighted by Crippen LogP contribution is 2.22. The van der Waals surface area contributed by atoms with Gasteiger partial charge in [-0.1, -0.05) is 6.07 Å². The van der Waals surface area contributed by atoms with Gasteiger partial charge in [0.15, 0.2) is 0 Å². The average molecular weight is 193 g/mol. The van der Waals surface area contributed by atoms with Crippen LogP contribution in [-0.4, -0.2) is 27.8 Å². The number of phenolic OH excluding ortho intramolecular Hbond substituents is 1. The van der Waals surface area contributed by atoms with Crippen LogP contribution in [0.4, 0.5) is 4.79 Å². The van der Waals surface area contributed by atoms with Gasteiger partial charge in [-0.25, -0.2) is 4.79 Å². The van der Waals surface area contributed by atoms with E-state index in [1.807, 2.05) is 0 Å². The fourth-order valence-electron chi connectivity index (χ4n) is 1.70. The Labute approximate surface area is 81.4 Å². The SMILES string of the molecule is O=C(O)N1CCc2cc(O)ccc2C1. The van der Waals surface area contributed by atoms with Gasteiger partial charge >= 0.3 is 6.09 Å². The molecule has 0 aromatic heterocycles. The number of benzene rings is 1. The first-order chi connectivity index (χ1) is 6.66. The lowest BCUT2D eigenvalue weighted by atomic mass is 10.00. The van der Waals surface area contributed by atoms with Gasteiger partial charge in [-0.2, -0.15) is 0 Å². The topological polar surface area (TPSA) is 60.8 Å². The number of aromatic hydroxyl groups is 1. The largest absolute Gasteiger partial charge is 0.508 e. The maximum atomic E-state index is 10.7. The number of nitrogens with zero attached hydrogens (tertiary/aromatic N) is 1. The number of hydrogen-bond acceptors (Lipinski definition) is 2. The summed E-state index contributed by atoms with van der Waals surface area (Å²) in [5.41, 5.74) is 2.03. The van der Waals surface area contributed by atoms with Crippen molar-refractivity contribution >= 4 is 6.09 Å². The van der Waals surface area contributed by atoms with Crippen LogP contribution in [0.15, 0.2) is 18.2 Å². The number of amides is 1. The summed E-state index contributed by atoms with van der Waals surface area (Å²) >= 11 is 0. The van der Waals surface area contributed by atoms with Crippen molar-refractivity contribution in [1.82, 2.24) is 4.90 Å². The standard InChI is InChI=1S/C10H11NO3/c12-9-2-1-8-6-11(10(13)14)4-3-7(8)5-9/h1-2,5,12H,3-4,6H2,(H,13,14). The monoisotopic (exact) mass is 193 g/mol. The van der Waals surface area contributed by atoms with Crippen LogP contribution in [0.25, 0.3) is 0 Å². The van der Waals surface area contributed by atoms with Crippen molar-refractivity contribution in [2.24, 2.45) is 0 Å². The predicted molar refractivity (Wildman–Crippen MR) is 50.2 cm³/mol. The van der Waals surface area contributed by atoms with Gasteiger partial charge in [-0.05, 0) is 29.7 Å². The molecule has 1 aromatic carbocycles. The summed E-state index contributed by atoms with van der Waals surface area (Å²) in [5, 5.41) is 18.0. The predicted octanol–water partition coefficient (Wildman–Crippen LogP) is 1.43. The molecular formula is C10H11NO3. The van der Waals surface area contributed by atoms with Gasteiger partial charge in [-0.3, -0.25) is 0 Å². The van der Waals surface area contributed by atoms with E-state index >= 15 is 0 Å². The van der Waals surface area contributed by atoms with Gasteiger partial charge in [-0.15, -0.1) is 0 Å². The van der Waals surface area contributed by atoms with Crippen molar-refractivity contribution in [1.29, 1.82) is 0 Å². The molecule has 2 rings (SSSR count). The van der Waals surface area contributed by atoms with Crippen LogP contribution in [-0.2, 0) is 13.0 Å². The first kappa shape index (κ1) is 8.87. The summed E-state index contributed by atoms with van der Waals surface area (Å²) in [7, 11) is 0. The third kappa shape index (κ3) is 1.51. The number of hydrogen-bond donors (Lipinski definition) is 2. The van der Waals surface area contributed by atoms with Crippen molar-refractivity contribution in [3.63, 3.8) is 0 Å². The maximum Gasteiger partial charge on any atom is 0.407 e. The number of phenols is 1. The molecule has 0 saturated heterocycles. The first-order valence-corrected chi connectivity index (χ1v) is 4.45. The average Bonchev–Trinajstić information content (AvgIpc) is 2.16. The minimum absolute atomic E-state index is 0.243. The number of rotatable bonds is 0. The summed E-state index contributed by atoms with van der Waals surface area (Å²) in [6, 6.07) is 5.07. The Kier molecular flexibility index (Phi) is 2.04. The summed E-state index contributed by atoms with van der Waals surface area (Å²) in [4.78, 5) is 12.1. The van der Waals surface area contributed by atoms with E-state index in [2.05, 4.69) is 0 Å². The van der Waals surface area contributed by atoms with Crippen molar-refractivity contribution < 1.29 is 15.0 Å². The van der Waals surface area contributed by atoms with Crippen LogP contribution in [0, 0.1) is 0 Å². The van der Waals surface area contributed by atoms with Gasteiger partial charge in [0.25, 0.3) is 0 Å². The Hall–Kier alpha value is -1.71. The Morgan fingerprint density at radius 3 is 2.86 bits per heavy atom. The molecule has 0 fully saturated rings. The van der Waals surface area contributed by atoms with Crippen LogP contribution >= 0.6 is 0 Å². The third-order valence-electron chi connectivity index (χ3n) is 2.47. The fourth-order valence-corrected chi connectivity index (χ4v) is 1.70. The molecule has 0 atom stereocenters. The van der Waals surface area contributed by atoms with Gasteiger partial charge in [0, 0.05) is 13.1 Å². The van der Waals surface area contributed by atoms with Crippen molar-refractivity contribution in [2.45, 2.75) is 13.0 Å². The Morgan fingerprint density at radius 1 is 1.36 bits per heavy atom. The zero-order valence-corrected chi connectivity index (χ0v) is 7.60. The summed E-state index contributed by atoms with van der Waals surface area (Å²) in [5.74, 6) is 0.243. The molecule has 1 heterocycles. The summed E-state index contributed by atoms with van der Waals surface area (Å²) in [6.45, 7) is 0.927. The van der Waals surface area contributed by atoms with E-state index in [1.54, 1.807) is 18.2 Å². The van der Waals surface area contributed by atoms with Crippen molar-refractivity contribution in [2.75, 3.05) is 6.54 Å². The third-order valence-corrected chi connectivity index (χ3v) is 2.47. The molecule has 74 valence electrons. The summed E-state index contributed by atoms with van der Waals surface area (Å²) < 4.78 is 0. The Bertz CT molecular complexity index is 376. The van der Waals surface area contributed by atoms with Crippen LogP contribution < -0.4 is 0 Å². The molecule has 0 bridgehead atoms. The van der Waals surface area contributed by atoms with E-state index in [0.29, 0.717) is 19.5 Å². The maximum absolute atomic E-state index is 10.7. The quantitative estimate of drug-likeness (QED) is 0.655. The Balaban J connectivity index is 2.27. The molecule has 0 unspecified atom stereocenters. The normalized spacial score (nSPS) is 15.0.